The predicted molar refractivity (Wildman–Crippen MR) is 102 cm³/mol. The molecule has 0 spiro atoms. The summed E-state index contributed by atoms with van der Waals surface area (Å²) in [6.07, 6.45) is 0.293. The maximum Gasteiger partial charge on any atom is 0.227 e. The minimum Gasteiger partial charge on any atom is -0.493 e. The van der Waals surface area contributed by atoms with Crippen molar-refractivity contribution in [2.24, 2.45) is 0 Å². The number of amides is 1. The molecule has 26 heavy (non-hydrogen) atoms. The van der Waals surface area contributed by atoms with Gasteiger partial charge in [0, 0.05) is 5.69 Å². The van der Waals surface area contributed by atoms with Gasteiger partial charge >= 0.3 is 0 Å². The zero-order chi connectivity index (χ0) is 18.0. The fourth-order valence-corrected chi connectivity index (χ4v) is 2.38. The van der Waals surface area contributed by atoms with E-state index in [-0.39, 0.29) is 5.91 Å². The standard InChI is InChI=1S/C22H21NO3/c24-22(15-16-25-20-9-5-2-6-10-20)23-19-11-13-21(14-12-19)26-17-18-7-3-1-4-8-18/h1-14H,15-17H2,(H,23,24). The van der Waals surface area contributed by atoms with E-state index in [2.05, 4.69) is 5.32 Å². The van der Waals surface area contributed by atoms with E-state index in [0.29, 0.717) is 19.6 Å². The van der Waals surface area contributed by atoms with Crippen molar-refractivity contribution in [1.82, 2.24) is 0 Å². The van der Waals surface area contributed by atoms with E-state index in [0.717, 1.165) is 22.7 Å². The Morgan fingerprint density at radius 1 is 0.731 bits per heavy atom. The van der Waals surface area contributed by atoms with Crippen LogP contribution in [0.1, 0.15) is 12.0 Å². The maximum absolute atomic E-state index is 12.0. The largest absolute Gasteiger partial charge is 0.493 e. The van der Waals surface area contributed by atoms with Crippen molar-refractivity contribution in [3.05, 3.63) is 90.5 Å². The molecule has 0 bridgehead atoms. The van der Waals surface area contributed by atoms with Crippen molar-refractivity contribution in [2.75, 3.05) is 11.9 Å². The lowest BCUT2D eigenvalue weighted by molar-refractivity contribution is -0.116. The van der Waals surface area contributed by atoms with Crippen molar-refractivity contribution in [3.63, 3.8) is 0 Å². The number of carbonyl (C=O) groups is 1. The molecule has 0 atom stereocenters. The third kappa shape index (κ3) is 5.67. The van der Waals surface area contributed by atoms with Crippen LogP contribution in [-0.4, -0.2) is 12.5 Å². The van der Waals surface area contributed by atoms with Crippen LogP contribution in [0.4, 0.5) is 5.69 Å². The number of nitrogens with one attached hydrogen (secondary N) is 1. The first-order valence-corrected chi connectivity index (χ1v) is 8.54. The molecule has 1 amide bonds. The van der Waals surface area contributed by atoms with Crippen LogP contribution in [0.2, 0.25) is 0 Å². The summed E-state index contributed by atoms with van der Waals surface area (Å²) in [5.74, 6) is 1.44. The van der Waals surface area contributed by atoms with Crippen molar-refractivity contribution >= 4 is 11.6 Å². The summed E-state index contributed by atoms with van der Waals surface area (Å²) >= 11 is 0. The highest BCUT2D eigenvalue weighted by Crippen LogP contribution is 2.17. The molecule has 0 saturated carbocycles. The SMILES string of the molecule is O=C(CCOc1ccccc1)Nc1ccc(OCc2ccccc2)cc1. The minimum atomic E-state index is -0.0844. The van der Waals surface area contributed by atoms with E-state index in [9.17, 15) is 4.79 Å². The molecule has 0 saturated heterocycles. The van der Waals surface area contributed by atoms with Gasteiger partial charge in [-0.2, -0.15) is 0 Å². The average molecular weight is 347 g/mol. The Hall–Kier alpha value is -3.27. The van der Waals surface area contributed by atoms with Crippen molar-refractivity contribution in [3.8, 4) is 11.5 Å². The Balaban J connectivity index is 1.41. The third-order valence-corrected chi connectivity index (χ3v) is 3.73. The van der Waals surface area contributed by atoms with Gasteiger partial charge in [0.25, 0.3) is 0 Å². The highest BCUT2D eigenvalue weighted by Gasteiger charge is 2.04. The van der Waals surface area contributed by atoms with Gasteiger partial charge in [0.2, 0.25) is 5.91 Å². The lowest BCUT2D eigenvalue weighted by Crippen LogP contribution is -2.15. The Kier molecular flexibility index (Phi) is 6.26. The summed E-state index contributed by atoms with van der Waals surface area (Å²) in [5.41, 5.74) is 1.85. The average Bonchev–Trinajstić information content (AvgIpc) is 2.69. The first-order chi connectivity index (χ1) is 12.8. The first-order valence-electron chi connectivity index (χ1n) is 8.54. The van der Waals surface area contributed by atoms with Crippen LogP contribution in [0.15, 0.2) is 84.9 Å². The number of carbonyl (C=O) groups excluding carboxylic acids is 1. The molecule has 1 N–H and O–H groups in total. The quantitative estimate of drug-likeness (QED) is 0.644. The molecule has 0 unspecified atom stereocenters. The van der Waals surface area contributed by atoms with Gasteiger partial charge < -0.3 is 14.8 Å². The lowest BCUT2D eigenvalue weighted by atomic mass is 10.2. The van der Waals surface area contributed by atoms with Gasteiger partial charge in [-0.05, 0) is 42.0 Å². The lowest BCUT2D eigenvalue weighted by Gasteiger charge is -2.09. The molecule has 0 aliphatic carbocycles. The van der Waals surface area contributed by atoms with E-state index >= 15 is 0 Å². The first kappa shape index (κ1) is 17.5. The molecule has 0 heterocycles. The summed E-state index contributed by atoms with van der Waals surface area (Å²) in [5, 5.41) is 2.85. The predicted octanol–water partition coefficient (Wildman–Crippen LogP) is 4.67. The van der Waals surface area contributed by atoms with Gasteiger partial charge in [-0.1, -0.05) is 48.5 Å². The fourth-order valence-electron chi connectivity index (χ4n) is 2.38. The number of hydrogen-bond acceptors (Lipinski definition) is 3. The smallest absolute Gasteiger partial charge is 0.227 e. The van der Waals surface area contributed by atoms with E-state index < -0.39 is 0 Å². The molecule has 0 aliphatic rings. The number of anilines is 1. The van der Waals surface area contributed by atoms with Crippen molar-refractivity contribution in [2.45, 2.75) is 13.0 Å². The number of para-hydroxylation sites is 1. The number of rotatable bonds is 8. The van der Waals surface area contributed by atoms with E-state index in [1.54, 1.807) is 0 Å². The second kappa shape index (κ2) is 9.28. The Morgan fingerprint density at radius 2 is 1.35 bits per heavy atom. The molecule has 132 valence electrons. The van der Waals surface area contributed by atoms with Gasteiger partial charge in [-0.25, -0.2) is 0 Å². The molecule has 3 aromatic carbocycles. The van der Waals surface area contributed by atoms with Crippen LogP contribution in [0.3, 0.4) is 0 Å². The third-order valence-electron chi connectivity index (χ3n) is 3.73. The van der Waals surface area contributed by atoms with Gasteiger partial charge in [0.05, 0.1) is 13.0 Å². The van der Waals surface area contributed by atoms with Gasteiger partial charge in [0.15, 0.2) is 0 Å². The molecule has 3 aromatic rings. The Labute approximate surface area is 153 Å². The zero-order valence-electron chi connectivity index (χ0n) is 14.4. The molecule has 3 rings (SSSR count). The molecule has 0 aromatic heterocycles. The summed E-state index contributed by atoms with van der Waals surface area (Å²) in [7, 11) is 0. The van der Waals surface area contributed by atoms with Crippen LogP contribution < -0.4 is 14.8 Å². The molecule has 4 nitrogen and oxygen atoms in total. The minimum absolute atomic E-state index is 0.0844. The summed E-state index contributed by atoms with van der Waals surface area (Å²) in [4.78, 5) is 12.0. The Bertz CT molecular complexity index is 802. The monoisotopic (exact) mass is 347 g/mol. The highest BCUT2D eigenvalue weighted by atomic mass is 16.5. The van der Waals surface area contributed by atoms with Gasteiger partial charge in [-0.15, -0.1) is 0 Å². The van der Waals surface area contributed by atoms with Crippen LogP contribution >= 0.6 is 0 Å². The molecule has 0 radical (unpaired) electrons. The van der Waals surface area contributed by atoms with Gasteiger partial charge in [0.1, 0.15) is 18.1 Å². The van der Waals surface area contributed by atoms with Gasteiger partial charge in [-0.3, -0.25) is 4.79 Å². The Morgan fingerprint density at radius 3 is 2.04 bits per heavy atom. The van der Waals surface area contributed by atoms with Crippen molar-refractivity contribution in [1.29, 1.82) is 0 Å². The summed E-state index contributed by atoms with van der Waals surface area (Å²) in [6.45, 7) is 0.859. The number of hydrogen-bond donors (Lipinski definition) is 1. The van der Waals surface area contributed by atoms with E-state index in [1.807, 2.05) is 84.9 Å². The number of benzene rings is 3. The van der Waals surface area contributed by atoms with Crippen LogP contribution in [0.5, 0.6) is 11.5 Å². The van der Waals surface area contributed by atoms with Crippen molar-refractivity contribution < 1.29 is 14.3 Å². The van der Waals surface area contributed by atoms with E-state index in [1.165, 1.54) is 0 Å². The molecule has 0 aliphatic heterocycles. The summed E-state index contributed by atoms with van der Waals surface area (Å²) < 4.78 is 11.3. The molecular weight excluding hydrogens is 326 g/mol. The number of ether oxygens (including phenoxy) is 2. The second-order valence-electron chi connectivity index (χ2n) is 5.76. The molecule has 4 heteroatoms. The topological polar surface area (TPSA) is 47.6 Å². The second-order valence-corrected chi connectivity index (χ2v) is 5.76. The molecular formula is C22H21NO3. The fraction of sp³-hybridized carbons (Fsp3) is 0.136. The molecule has 0 fully saturated rings. The van der Waals surface area contributed by atoms with E-state index in [4.69, 9.17) is 9.47 Å². The zero-order valence-corrected chi connectivity index (χ0v) is 14.4. The summed E-state index contributed by atoms with van der Waals surface area (Å²) in [6, 6.07) is 26.8. The van der Waals surface area contributed by atoms with Crippen LogP contribution in [0.25, 0.3) is 0 Å². The maximum atomic E-state index is 12.0. The van der Waals surface area contributed by atoms with Crippen LogP contribution in [0, 0.1) is 0 Å². The normalized spacial score (nSPS) is 10.2. The van der Waals surface area contributed by atoms with Crippen LogP contribution in [-0.2, 0) is 11.4 Å². The highest BCUT2D eigenvalue weighted by molar-refractivity contribution is 5.90.